The monoisotopic (exact) mass is 346 g/mol. The number of rotatable bonds is 3. The van der Waals surface area contributed by atoms with Crippen LogP contribution < -0.4 is 5.32 Å². The van der Waals surface area contributed by atoms with E-state index in [1.807, 2.05) is 19.1 Å². The fraction of sp³-hybridized carbons (Fsp3) is 0.353. The highest BCUT2D eigenvalue weighted by Gasteiger charge is 2.25. The maximum Gasteiger partial charge on any atom is 0.255 e. The summed E-state index contributed by atoms with van der Waals surface area (Å²) in [5.41, 5.74) is 2.08. The van der Waals surface area contributed by atoms with Gasteiger partial charge in [-0.2, -0.15) is 5.10 Å². The highest BCUT2D eigenvalue weighted by Crippen LogP contribution is 2.18. The number of hydrogen-bond acceptors (Lipinski definition) is 3. The number of hydrogen-bond donors (Lipinski definition) is 1. The quantitative estimate of drug-likeness (QED) is 0.926. The van der Waals surface area contributed by atoms with Crippen LogP contribution in [0.5, 0.6) is 0 Å². The number of likely N-dealkylation sites (tertiary alicyclic amines) is 1. The number of halogens is 1. The van der Waals surface area contributed by atoms with Gasteiger partial charge in [0, 0.05) is 31.1 Å². The zero-order valence-corrected chi connectivity index (χ0v) is 14.4. The SMILES string of the molecule is Cc1c(C(=O)N[C@H]2CCC(=O)N(C)C2)cnn1-c1cccc(Cl)c1. The number of piperidine rings is 1. The van der Waals surface area contributed by atoms with Crippen molar-refractivity contribution in [2.75, 3.05) is 13.6 Å². The normalized spacial score (nSPS) is 17.9. The lowest BCUT2D eigenvalue weighted by molar-refractivity contribution is -0.132. The van der Waals surface area contributed by atoms with Crippen LogP contribution >= 0.6 is 11.6 Å². The van der Waals surface area contributed by atoms with Gasteiger partial charge in [0.1, 0.15) is 0 Å². The third kappa shape index (κ3) is 3.28. The molecule has 0 saturated carbocycles. The van der Waals surface area contributed by atoms with Crippen molar-refractivity contribution in [1.29, 1.82) is 0 Å². The molecular formula is C17H19ClN4O2. The summed E-state index contributed by atoms with van der Waals surface area (Å²) in [6.07, 6.45) is 2.68. The molecule has 1 fully saturated rings. The molecule has 1 saturated heterocycles. The smallest absolute Gasteiger partial charge is 0.255 e. The van der Waals surface area contributed by atoms with E-state index in [4.69, 9.17) is 11.6 Å². The number of carbonyl (C=O) groups is 2. The first-order chi connectivity index (χ1) is 11.5. The predicted octanol–water partition coefficient (Wildman–Crippen LogP) is 2.18. The minimum atomic E-state index is -0.173. The van der Waals surface area contributed by atoms with Crippen LogP contribution in [0.4, 0.5) is 0 Å². The zero-order chi connectivity index (χ0) is 17.3. The molecule has 2 amide bonds. The van der Waals surface area contributed by atoms with Crippen molar-refractivity contribution in [1.82, 2.24) is 20.0 Å². The van der Waals surface area contributed by atoms with E-state index < -0.39 is 0 Å². The summed E-state index contributed by atoms with van der Waals surface area (Å²) >= 11 is 6.02. The summed E-state index contributed by atoms with van der Waals surface area (Å²) in [5, 5.41) is 7.91. The van der Waals surface area contributed by atoms with Gasteiger partial charge in [-0.15, -0.1) is 0 Å². The first kappa shape index (κ1) is 16.5. The summed E-state index contributed by atoms with van der Waals surface area (Å²) in [4.78, 5) is 25.7. The average molecular weight is 347 g/mol. The van der Waals surface area contributed by atoms with Crippen LogP contribution in [0, 0.1) is 6.92 Å². The van der Waals surface area contributed by atoms with E-state index in [-0.39, 0.29) is 17.9 Å². The van der Waals surface area contributed by atoms with Crippen LogP contribution in [0.2, 0.25) is 5.02 Å². The number of benzene rings is 1. The lowest BCUT2D eigenvalue weighted by atomic mass is 10.1. The van der Waals surface area contributed by atoms with E-state index in [0.717, 1.165) is 11.4 Å². The molecule has 126 valence electrons. The molecular weight excluding hydrogens is 328 g/mol. The Kier molecular flexibility index (Phi) is 4.57. The average Bonchev–Trinajstić information content (AvgIpc) is 2.93. The van der Waals surface area contributed by atoms with Gasteiger partial charge < -0.3 is 10.2 Å². The minimum absolute atomic E-state index is 0.0332. The molecule has 1 aliphatic rings. The molecule has 3 rings (SSSR count). The van der Waals surface area contributed by atoms with E-state index in [1.165, 1.54) is 0 Å². The molecule has 6 nitrogen and oxygen atoms in total. The van der Waals surface area contributed by atoms with Gasteiger partial charge >= 0.3 is 0 Å². The summed E-state index contributed by atoms with van der Waals surface area (Å²) < 4.78 is 1.69. The van der Waals surface area contributed by atoms with Gasteiger partial charge in [0.25, 0.3) is 5.91 Å². The van der Waals surface area contributed by atoms with Crippen LogP contribution in [-0.2, 0) is 4.79 Å². The van der Waals surface area contributed by atoms with Gasteiger partial charge in [-0.3, -0.25) is 9.59 Å². The summed E-state index contributed by atoms with van der Waals surface area (Å²) in [6.45, 7) is 2.38. The summed E-state index contributed by atoms with van der Waals surface area (Å²) in [7, 11) is 1.75. The highest BCUT2D eigenvalue weighted by molar-refractivity contribution is 6.30. The Bertz CT molecular complexity index is 787. The molecule has 0 radical (unpaired) electrons. The van der Waals surface area contributed by atoms with Crippen LogP contribution in [0.15, 0.2) is 30.5 Å². The topological polar surface area (TPSA) is 67.2 Å². The third-order valence-electron chi connectivity index (χ3n) is 4.27. The Balaban J connectivity index is 1.76. The highest BCUT2D eigenvalue weighted by atomic mass is 35.5. The second-order valence-electron chi connectivity index (χ2n) is 6.02. The lowest BCUT2D eigenvalue weighted by Gasteiger charge is -2.30. The van der Waals surface area contributed by atoms with Gasteiger partial charge in [-0.1, -0.05) is 17.7 Å². The largest absolute Gasteiger partial charge is 0.347 e. The number of nitrogens with zero attached hydrogens (tertiary/aromatic N) is 3. The van der Waals surface area contributed by atoms with E-state index in [0.29, 0.717) is 30.0 Å². The van der Waals surface area contributed by atoms with Crippen molar-refractivity contribution in [3.63, 3.8) is 0 Å². The van der Waals surface area contributed by atoms with Gasteiger partial charge in [0.2, 0.25) is 5.91 Å². The molecule has 2 heterocycles. The Labute approximate surface area is 145 Å². The number of amides is 2. The minimum Gasteiger partial charge on any atom is -0.347 e. The van der Waals surface area contributed by atoms with Crippen molar-refractivity contribution in [2.24, 2.45) is 0 Å². The van der Waals surface area contributed by atoms with Crippen molar-refractivity contribution >= 4 is 23.4 Å². The van der Waals surface area contributed by atoms with Crippen LogP contribution in [0.25, 0.3) is 5.69 Å². The number of aromatic nitrogens is 2. The van der Waals surface area contributed by atoms with Crippen LogP contribution in [0.1, 0.15) is 28.9 Å². The fourth-order valence-corrected chi connectivity index (χ4v) is 3.08. The Morgan fingerprint density at radius 2 is 2.21 bits per heavy atom. The van der Waals surface area contributed by atoms with Gasteiger partial charge in [-0.05, 0) is 31.5 Å². The number of nitrogens with one attached hydrogen (secondary N) is 1. The molecule has 0 spiro atoms. The molecule has 0 bridgehead atoms. The zero-order valence-electron chi connectivity index (χ0n) is 13.6. The molecule has 2 aromatic rings. The van der Waals surface area contributed by atoms with Crippen LogP contribution in [0.3, 0.4) is 0 Å². The van der Waals surface area contributed by atoms with Crippen molar-refractivity contribution < 1.29 is 9.59 Å². The Morgan fingerprint density at radius 3 is 2.92 bits per heavy atom. The molecule has 0 unspecified atom stereocenters. The van der Waals surface area contributed by atoms with E-state index >= 15 is 0 Å². The molecule has 1 N–H and O–H groups in total. The molecule has 24 heavy (non-hydrogen) atoms. The second-order valence-corrected chi connectivity index (χ2v) is 6.46. The lowest BCUT2D eigenvalue weighted by Crippen LogP contribution is -2.48. The second kappa shape index (κ2) is 6.65. The van der Waals surface area contributed by atoms with Gasteiger partial charge in [0.05, 0.1) is 23.1 Å². The van der Waals surface area contributed by atoms with E-state index in [1.54, 1.807) is 35.0 Å². The standard InChI is InChI=1S/C17H19ClN4O2/c1-11-15(9-19-22(11)14-5-3-4-12(18)8-14)17(24)20-13-6-7-16(23)21(2)10-13/h3-5,8-9,13H,6-7,10H2,1-2H3,(H,20,24)/t13-/m0/s1. The predicted molar refractivity (Wildman–Crippen MR) is 91.4 cm³/mol. The van der Waals surface area contributed by atoms with Crippen LogP contribution in [-0.4, -0.2) is 46.1 Å². The van der Waals surface area contributed by atoms with E-state index in [2.05, 4.69) is 10.4 Å². The number of carbonyl (C=O) groups excluding carboxylic acids is 2. The maximum atomic E-state index is 12.5. The van der Waals surface area contributed by atoms with E-state index in [9.17, 15) is 9.59 Å². The maximum absolute atomic E-state index is 12.5. The first-order valence-corrected chi connectivity index (χ1v) is 8.19. The summed E-state index contributed by atoms with van der Waals surface area (Å²) in [5.74, 6) is -0.0565. The molecule has 0 aliphatic carbocycles. The van der Waals surface area contributed by atoms with Gasteiger partial charge in [0.15, 0.2) is 0 Å². The molecule has 1 atom stereocenters. The van der Waals surface area contributed by atoms with Gasteiger partial charge in [-0.25, -0.2) is 4.68 Å². The Morgan fingerprint density at radius 1 is 1.42 bits per heavy atom. The first-order valence-electron chi connectivity index (χ1n) is 7.81. The number of likely N-dealkylation sites (N-methyl/N-ethyl adjacent to an activating group) is 1. The third-order valence-corrected chi connectivity index (χ3v) is 4.50. The van der Waals surface area contributed by atoms with Crippen molar-refractivity contribution in [3.8, 4) is 5.69 Å². The van der Waals surface area contributed by atoms with Crippen molar-refractivity contribution in [3.05, 3.63) is 46.7 Å². The molecule has 1 aromatic carbocycles. The summed E-state index contributed by atoms with van der Waals surface area (Å²) in [6, 6.07) is 7.28. The fourth-order valence-electron chi connectivity index (χ4n) is 2.89. The molecule has 1 aliphatic heterocycles. The molecule has 1 aromatic heterocycles. The van der Waals surface area contributed by atoms with Crippen molar-refractivity contribution in [2.45, 2.75) is 25.8 Å². The Hall–Kier alpha value is -2.34. The molecule has 7 heteroatoms.